The van der Waals surface area contributed by atoms with Crippen molar-refractivity contribution in [1.82, 2.24) is 0 Å². The minimum atomic E-state index is -0.247. The van der Waals surface area contributed by atoms with Gasteiger partial charge in [0.1, 0.15) is 6.07 Å². The fourth-order valence-electron chi connectivity index (χ4n) is 2.57. The highest BCUT2D eigenvalue weighted by Gasteiger charge is 2.05. The zero-order valence-corrected chi connectivity index (χ0v) is 13.3. The van der Waals surface area contributed by atoms with Crippen LogP contribution in [0.25, 0.3) is 16.3 Å². The van der Waals surface area contributed by atoms with E-state index in [0.717, 1.165) is 16.5 Å². The van der Waals surface area contributed by atoms with Crippen LogP contribution in [0.2, 0.25) is 0 Å². The Morgan fingerprint density at radius 2 is 1.71 bits per heavy atom. The largest absolute Gasteiger partial charge is 0.321 e. The summed E-state index contributed by atoms with van der Waals surface area (Å²) in [5.41, 5.74) is 2.83. The minimum absolute atomic E-state index is 0.247. The number of hydrogen-bond acceptors (Lipinski definition) is 2. The zero-order valence-electron chi connectivity index (χ0n) is 13.3. The molecule has 1 amide bonds. The summed E-state index contributed by atoms with van der Waals surface area (Å²) in [6, 6.07) is 23.3. The van der Waals surface area contributed by atoms with Gasteiger partial charge in [-0.25, -0.2) is 0 Å². The number of nitrogens with one attached hydrogen (secondary N) is 1. The van der Waals surface area contributed by atoms with E-state index in [-0.39, 0.29) is 5.91 Å². The molecule has 0 aromatic heterocycles. The van der Waals surface area contributed by atoms with Gasteiger partial charge >= 0.3 is 0 Å². The normalized spacial score (nSPS) is 11.1. The molecule has 0 aliphatic carbocycles. The number of fused-ring (bicyclic) bond motifs is 1. The van der Waals surface area contributed by atoms with Crippen LogP contribution >= 0.6 is 0 Å². The molecular formula is C21H16N2O. The van der Waals surface area contributed by atoms with E-state index in [9.17, 15) is 4.79 Å². The lowest BCUT2D eigenvalue weighted by atomic mass is 10.0. The summed E-state index contributed by atoms with van der Waals surface area (Å²) >= 11 is 0. The van der Waals surface area contributed by atoms with E-state index in [2.05, 4.69) is 29.6 Å². The molecule has 3 heteroatoms. The second-order valence-electron chi connectivity index (χ2n) is 5.54. The molecule has 3 aromatic carbocycles. The maximum Gasteiger partial charge on any atom is 0.248 e. The Labute approximate surface area is 140 Å². The molecule has 3 rings (SSSR count). The Morgan fingerprint density at radius 1 is 1.00 bits per heavy atom. The van der Waals surface area contributed by atoms with Crippen molar-refractivity contribution in [1.29, 1.82) is 5.26 Å². The van der Waals surface area contributed by atoms with E-state index in [1.165, 1.54) is 5.39 Å². The Balaban J connectivity index is 1.84. The molecule has 3 aromatic rings. The number of rotatable bonds is 3. The Hall–Kier alpha value is -3.38. The van der Waals surface area contributed by atoms with Crippen LogP contribution in [0.4, 0.5) is 5.69 Å². The maximum atomic E-state index is 12.2. The molecule has 116 valence electrons. The molecule has 0 spiro atoms. The number of para-hydroxylation sites is 1. The number of allylic oxidation sites excluding steroid dienone is 1. The van der Waals surface area contributed by atoms with Gasteiger partial charge in [0.15, 0.2) is 0 Å². The zero-order chi connectivity index (χ0) is 16.9. The van der Waals surface area contributed by atoms with Crippen molar-refractivity contribution in [2.45, 2.75) is 6.92 Å². The van der Waals surface area contributed by atoms with Crippen LogP contribution in [0.5, 0.6) is 0 Å². The molecule has 3 nitrogen and oxygen atoms in total. The molecule has 0 aliphatic rings. The fourth-order valence-corrected chi connectivity index (χ4v) is 2.57. The van der Waals surface area contributed by atoms with Gasteiger partial charge < -0.3 is 5.32 Å². The molecule has 0 saturated heterocycles. The predicted octanol–water partition coefficient (Wildman–Crippen LogP) is 4.75. The molecule has 0 bridgehead atoms. The van der Waals surface area contributed by atoms with Crippen molar-refractivity contribution in [2.75, 3.05) is 5.32 Å². The third-order valence-corrected chi connectivity index (χ3v) is 3.86. The number of hydrogen-bond donors (Lipinski definition) is 1. The average Bonchev–Trinajstić information content (AvgIpc) is 2.61. The number of nitriles is 1. The molecular weight excluding hydrogens is 296 g/mol. The lowest BCUT2D eigenvalue weighted by Gasteiger charge is -2.07. The fraction of sp³-hybridized carbons (Fsp3) is 0.0476. The number of amides is 1. The third kappa shape index (κ3) is 3.34. The van der Waals surface area contributed by atoms with E-state index < -0.39 is 0 Å². The van der Waals surface area contributed by atoms with E-state index in [4.69, 9.17) is 5.26 Å². The van der Waals surface area contributed by atoms with Crippen LogP contribution in [-0.2, 0) is 4.79 Å². The topological polar surface area (TPSA) is 52.9 Å². The predicted molar refractivity (Wildman–Crippen MR) is 97.4 cm³/mol. The van der Waals surface area contributed by atoms with Gasteiger partial charge in [0.05, 0.1) is 11.3 Å². The number of carbonyl (C=O) groups excluding carboxylic acids is 1. The Morgan fingerprint density at radius 3 is 2.50 bits per heavy atom. The van der Waals surface area contributed by atoms with Gasteiger partial charge in [0.2, 0.25) is 5.91 Å². The SMILES string of the molecule is CC(=CC(=O)Nc1ccccc1C#N)c1ccc2ccccc2c1. The van der Waals surface area contributed by atoms with Gasteiger partial charge in [0.25, 0.3) is 0 Å². The molecule has 0 atom stereocenters. The van der Waals surface area contributed by atoms with Crippen molar-refractivity contribution in [2.24, 2.45) is 0 Å². The summed E-state index contributed by atoms with van der Waals surface area (Å²) in [4.78, 5) is 12.2. The van der Waals surface area contributed by atoms with E-state index in [1.54, 1.807) is 30.3 Å². The summed E-state index contributed by atoms with van der Waals surface area (Å²) in [6.45, 7) is 1.90. The average molecular weight is 312 g/mol. The first-order chi connectivity index (χ1) is 11.7. The number of anilines is 1. The molecule has 0 radical (unpaired) electrons. The third-order valence-electron chi connectivity index (χ3n) is 3.86. The maximum absolute atomic E-state index is 12.2. The highest BCUT2D eigenvalue weighted by molar-refractivity contribution is 6.04. The first-order valence-corrected chi connectivity index (χ1v) is 7.65. The van der Waals surface area contributed by atoms with Crippen molar-refractivity contribution in [3.63, 3.8) is 0 Å². The van der Waals surface area contributed by atoms with Crippen LogP contribution in [0.15, 0.2) is 72.8 Å². The Kier molecular flexibility index (Phi) is 4.40. The summed E-state index contributed by atoms with van der Waals surface area (Å²) in [5.74, 6) is -0.247. The summed E-state index contributed by atoms with van der Waals surface area (Å²) in [5, 5.41) is 14.1. The second-order valence-corrected chi connectivity index (χ2v) is 5.54. The van der Waals surface area contributed by atoms with E-state index >= 15 is 0 Å². The van der Waals surface area contributed by atoms with Gasteiger partial charge in [-0.15, -0.1) is 0 Å². The van der Waals surface area contributed by atoms with E-state index in [1.807, 2.05) is 31.2 Å². The second kappa shape index (κ2) is 6.80. The molecule has 24 heavy (non-hydrogen) atoms. The van der Waals surface area contributed by atoms with Crippen molar-refractivity contribution in [3.8, 4) is 6.07 Å². The van der Waals surface area contributed by atoms with Gasteiger partial charge in [-0.3, -0.25) is 4.79 Å². The number of carbonyl (C=O) groups is 1. The highest BCUT2D eigenvalue weighted by atomic mass is 16.1. The van der Waals surface area contributed by atoms with Crippen LogP contribution in [-0.4, -0.2) is 5.91 Å². The first kappa shape index (κ1) is 15.5. The van der Waals surface area contributed by atoms with E-state index in [0.29, 0.717) is 11.3 Å². The first-order valence-electron chi connectivity index (χ1n) is 7.65. The summed E-state index contributed by atoms with van der Waals surface area (Å²) in [7, 11) is 0. The Bertz CT molecular complexity index is 980. The van der Waals surface area contributed by atoms with Crippen molar-refractivity contribution < 1.29 is 4.79 Å². The van der Waals surface area contributed by atoms with Gasteiger partial charge in [-0.05, 0) is 47.0 Å². The van der Waals surface area contributed by atoms with Gasteiger partial charge in [0, 0.05) is 6.08 Å². The standard InChI is InChI=1S/C21H16N2O/c1-15(17-11-10-16-6-2-3-7-18(16)13-17)12-21(24)23-20-9-5-4-8-19(20)14-22/h2-13H,1H3,(H,23,24). The molecule has 1 N–H and O–H groups in total. The molecule has 0 heterocycles. The minimum Gasteiger partial charge on any atom is -0.321 e. The highest BCUT2D eigenvalue weighted by Crippen LogP contribution is 2.21. The molecule has 0 fully saturated rings. The summed E-state index contributed by atoms with van der Waals surface area (Å²) < 4.78 is 0. The summed E-state index contributed by atoms with van der Waals surface area (Å²) in [6.07, 6.45) is 1.55. The molecule has 0 aliphatic heterocycles. The quantitative estimate of drug-likeness (QED) is 0.709. The van der Waals surface area contributed by atoms with Crippen LogP contribution in [0.1, 0.15) is 18.1 Å². The van der Waals surface area contributed by atoms with Crippen molar-refractivity contribution >= 4 is 27.9 Å². The van der Waals surface area contributed by atoms with Crippen LogP contribution in [0, 0.1) is 11.3 Å². The molecule has 0 saturated carbocycles. The lowest BCUT2D eigenvalue weighted by Crippen LogP contribution is -2.09. The van der Waals surface area contributed by atoms with Gasteiger partial charge in [-0.1, -0.05) is 48.5 Å². The number of nitrogens with zero attached hydrogens (tertiary/aromatic N) is 1. The van der Waals surface area contributed by atoms with Crippen LogP contribution in [0.3, 0.4) is 0 Å². The monoisotopic (exact) mass is 312 g/mol. The smallest absolute Gasteiger partial charge is 0.248 e. The van der Waals surface area contributed by atoms with Crippen molar-refractivity contribution in [3.05, 3.63) is 83.9 Å². The number of benzene rings is 3. The lowest BCUT2D eigenvalue weighted by molar-refractivity contribution is -0.111. The van der Waals surface area contributed by atoms with Crippen LogP contribution < -0.4 is 5.32 Å². The van der Waals surface area contributed by atoms with Gasteiger partial charge in [-0.2, -0.15) is 5.26 Å². The molecule has 0 unspecified atom stereocenters.